The molecular weight excluding hydrogens is 94.8 g/mol. The lowest BCUT2D eigenvalue weighted by Crippen LogP contribution is -2.22. The lowest BCUT2D eigenvalue weighted by Gasteiger charge is -1.84. The van der Waals surface area contributed by atoms with Crippen LogP contribution in [0.25, 0.3) is 0 Å². The minimum Gasteiger partial charge on any atom is -0.421 e. The quantitative estimate of drug-likeness (QED) is 0.336. The van der Waals surface area contributed by atoms with Gasteiger partial charge in [-0.1, -0.05) is 6.58 Å². The molecule has 0 saturated heterocycles. The molecule has 0 amide bonds. The number of hydrogen-bond donors (Lipinski definition) is 2. The van der Waals surface area contributed by atoms with E-state index in [1.807, 2.05) is 0 Å². The highest BCUT2D eigenvalue weighted by Gasteiger charge is 2.13. The van der Waals surface area contributed by atoms with Gasteiger partial charge in [0.05, 0.1) is 0 Å². The van der Waals surface area contributed by atoms with Crippen molar-refractivity contribution in [1.82, 2.24) is 0 Å². The second-order valence-corrected chi connectivity index (χ2v) is 0.980. The number of rotatable bonds is 2. The van der Waals surface area contributed by atoms with Crippen molar-refractivity contribution in [3.8, 4) is 0 Å². The van der Waals surface area contributed by atoms with Crippen LogP contribution < -0.4 is 0 Å². The molecule has 0 aromatic carbocycles. The van der Waals surface area contributed by atoms with Crippen LogP contribution in [0.1, 0.15) is 0 Å². The van der Waals surface area contributed by atoms with Crippen molar-refractivity contribution >= 4 is 12.8 Å². The Labute approximate surface area is 41.4 Å². The maximum Gasteiger partial charge on any atom is 0.531 e. The molecule has 0 unspecified atom stereocenters. The topological polar surface area (TPSA) is 57.5 Å². The predicted octanol–water partition coefficient (Wildman–Crippen LogP) is -1.25. The van der Waals surface area contributed by atoms with Gasteiger partial charge in [-0.2, -0.15) is 0 Å². The molecule has 0 aliphatic carbocycles. The Morgan fingerprint density at radius 3 is 2.14 bits per heavy atom. The molecule has 0 aromatic rings. The third-order valence-electron chi connectivity index (χ3n) is 0.456. The molecule has 0 atom stereocenters. The molecule has 0 aliphatic heterocycles. The van der Waals surface area contributed by atoms with E-state index in [2.05, 4.69) is 6.58 Å². The first-order chi connectivity index (χ1) is 3.18. The lowest BCUT2D eigenvalue weighted by molar-refractivity contribution is -0.110. The van der Waals surface area contributed by atoms with Gasteiger partial charge in [-0.3, -0.25) is 4.79 Å². The van der Waals surface area contributed by atoms with E-state index in [9.17, 15) is 4.79 Å². The molecule has 0 fully saturated rings. The summed E-state index contributed by atoms with van der Waals surface area (Å²) in [5, 5.41) is 15.9. The van der Waals surface area contributed by atoms with E-state index in [1.54, 1.807) is 0 Å². The van der Waals surface area contributed by atoms with Gasteiger partial charge in [-0.05, 0) is 6.08 Å². The molecule has 0 radical (unpaired) electrons. The Hall–Kier alpha value is -0.605. The molecule has 4 heteroatoms. The standard InChI is InChI=1S/C3H5BO3/c1-2-3(5)4(6)7/h2,6-7H,1H2. The van der Waals surface area contributed by atoms with Gasteiger partial charge in [-0.25, -0.2) is 0 Å². The fourth-order valence-electron chi connectivity index (χ4n) is 0.105. The highest BCUT2D eigenvalue weighted by atomic mass is 16.4. The van der Waals surface area contributed by atoms with E-state index >= 15 is 0 Å². The second kappa shape index (κ2) is 2.55. The maximum absolute atomic E-state index is 9.89. The van der Waals surface area contributed by atoms with Gasteiger partial charge < -0.3 is 10.0 Å². The Morgan fingerprint density at radius 2 is 2.14 bits per heavy atom. The Morgan fingerprint density at radius 1 is 1.71 bits per heavy atom. The molecule has 7 heavy (non-hydrogen) atoms. The summed E-state index contributed by atoms with van der Waals surface area (Å²) in [7, 11) is -1.89. The van der Waals surface area contributed by atoms with Crippen molar-refractivity contribution in [2.24, 2.45) is 0 Å². The third-order valence-corrected chi connectivity index (χ3v) is 0.456. The molecule has 0 spiro atoms. The average Bonchev–Trinajstić information content (AvgIpc) is 1.65. The van der Waals surface area contributed by atoms with E-state index in [0.29, 0.717) is 0 Å². The normalized spacial score (nSPS) is 7.71. The zero-order valence-corrected chi connectivity index (χ0v) is 3.66. The van der Waals surface area contributed by atoms with E-state index < -0.39 is 12.8 Å². The molecule has 38 valence electrons. The largest absolute Gasteiger partial charge is 0.531 e. The zero-order chi connectivity index (χ0) is 5.86. The Balaban J connectivity index is 3.56. The summed E-state index contributed by atoms with van der Waals surface area (Å²) in [6.07, 6.45) is 0.852. The van der Waals surface area contributed by atoms with Crippen LogP contribution in [-0.2, 0) is 4.79 Å². The second-order valence-electron chi connectivity index (χ2n) is 0.980. The average molecular weight is 99.9 g/mol. The maximum atomic E-state index is 9.89. The predicted molar refractivity (Wildman–Crippen MR) is 25.4 cm³/mol. The number of allylic oxidation sites excluding steroid dienone is 1. The van der Waals surface area contributed by atoms with Crippen molar-refractivity contribution in [1.29, 1.82) is 0 Å². The third kappa shape index (κ3) is 2.14. The fourth-order valence-corrected chi connectivity index (χ4v) is 0.105. The number of carbonyl (C=O) groups is 1. The molecule has 0 saturated carbocycles. The van der Waals surface area contributed by atoms with Gasteiger partial charge in [0.1, 0.15) is 0 Å². The van der Waals surface area contributed by atoms with Crippen LogP contribution in [0.4, 0.5) is 0 Å². The van der Waals surface area contributed by atoms with E-state index in [4.69, 9.17) is 10.0 Å². The van der Waals surface area contributed by atoms with Crippen LogP contribution in [-0.4, -0.2) is 22.8 Å². The first-order valence-electron chi connectivity index (χ1n) is 1.71. The first-order valence-corrected chi connectivity index (χ1v) is 1.71. The highest BCUT2D eigenvalue weighted by Crippen LogP contribution is 1.72. The van der Waals surface area contributed by atoms with Crippen molar-refractivity contribution in [3.05, 3.63) is 12.7 Å². The highest BCUT2D eigenvalue weighted by molar-refractivity contribution is 6.80. The SMILES string of the molecule is C=CC(=O)B(O)O. The van der Waals surface area contributed by atoms with Crippen LogP contribution in [0.2, 0.25) is 0 Å². The molecule has 3 nitrogen and oxygen atoms in total. The molecule has 0 heterocycles. The van der Waals surface area contributed by atoms with E-state index in [1.165, 1.54) is 0 Å². The minimum absolute atomic E-state index is 0.778. The van der Waals surface area contributed by atoms with Gasteiger partial charge >= 0.3 is 7.12 Å². The van der Waals surface area contributed by atoms with Crippen molar-refractivity contribution in [3.63, 3.8) is 0 Å². The van der Waals surface area contributed by atoms with Crippen LogP contribution in [0.15, 0.2) is 12.7 Å². The van der Waals surface area contributed by atoms with Crippen molar-refractivity contribution < 1.29 is 14.8 Å². The zero-order valence-electron chi connectivity index (χ0n) is 3.66. The van der Waals surface area contributed by atoms with Crippen LogP contribution in [0.3, 0.4) is 0 Å². The Kier molecular flexibility index (Phi) is 2.33. The molecule has 0 aromatic heterocycles. The number of hydrogen-bond acceptors (Lipinski definition) is 3. The summed E-state index contributed by atoms with van der Waals surface area (Å²) in [5.41, 5.74) is -0.778. The summed E-state index contributed by atoms with van der Waals surface area (Å²) in [4.78, 5) is 9.89. The summed E-state index contributed by atoms with van der Waals surface area (Å²) >= 11 is 0. The molecular formula is C3H5BO3. The van der Waals surface area contributed by atoms with E-state index in [0.717, 1.165) is 6.08 Å². The van der Waals surface area contributed by atoms with Crippen LogP contribution >= 0.6 is 0 Å². The minimum atomic E-state index is -1.89. The van der Waals surface area contributed by atoms with Gasteiger partial charge in [0, 0.05) is 0 Å². The van der Waals surface area contributed by atoms with E-state index in [-0.39, 0.29) is 0 Å². The molecule has 0 rings (SSSR count). The summed E-state index contributed by atoms with van der Waals surface area (Å²) in [6.45, 7) is 3.01. The molecule has 2 N–H and O–H groups in total. The Bertz CT molecular complexity index is 88.2. The smallest absolute Gasteiger partial charge is 0.421 e. The van der Waals surface area contributed by atoms with Crippen molar-refractivity contribution in [2.75, 3.05) is 0 Å². The summed E-state index contributed by atoms with van der Waals surface area (Å²) in [6, 6.07) is 0. The van der Waals surface area contributed by atoms with Crippen LogP contribution in [0, 0.1) is 0 Å². The first kappa shape index (κ1) is 6.39. The number of carbonyl (C=O) groups excluding carboxylic acids is 1. The fraction of sp³-hybridized carbons (Fsp3) is 0. The van der Waals surface area contributed by atoms with Crippen LogP contribution in [0.5, 0.6) is 0 Å². The molecule has 0 bridgehead atoms. The lowest BCUT2D eigenvalue weighted by atomic mass is 9.85. The van der Waals surface area contributed by atoms with Gasteiger partial charge in [0.2, 0.25) is 0 Å². The van der Waals surface area contributed by atoms with Gasteiger partial charge in [-0.15, -0.1) is 0 Å². The monoisotopic (exact) mass is 100 g/mol. The summed E-state index contributed by atoms with van der Waals surface area (Å²) in [5.74, 6) is 0. The molecule has 0 aliphatic rings. The van der Waals surface area contributed by atoms with Gasteiger partial charge in [0.25, 0.3) is 0 Å². The van der Waals surface area contributed by atoms with Gasteiger partial charge in [0.15, 0.2) is 5.68 Å². The summed E-state index contributed by atoms with van der Waals surface area (Å²) < 4.78 is 0. The van der Waals surface area contributed by atoms with Crippen molar-refractivity contribution in [2.45, 2.75) is 0 Å².